The molecule has 0 aliphatic heterocycles. The molecule has 0 spiro atoms. The Hall–Kier alpha value is -0.670. The SMILES string of the molecule is C=CC(=O)C(N)(N)CCCCC. The van der Waals surface area contributed by atoms with Gasteiger partial charge in [-0.3, -0.25) is 4.79 Å². The molecule has 0 aliphatic rings. The second kappa shape index (κ2) is 5.06. The molecule has 0 unspecified atom stereocenters. The quantitative estimate of drug-likeness (QED) is 0.354. The molecule has 0 saturated heterocycles. The van der Waals surface area contributed by atoms with Crippen LogP contribution in [0.4, 0.5) is 0 Å². The Kier molecular flexibility index (Phi) is 4.78. The summed E-state index contributed by atoms with van der Waals surface area (Å²) in [5.41, 5.74) is 9.94. The molecular formula is C9H18N2O. The Labute approximate surface area is 73.8 Å². The Morgan fingerprint density at radius 3 is 2.50 bits per heavy atom. The lowest BCUT2D eigenvalue weighted by Gasteiger charge is -2.20. The van der Waals surface area contributed by atoms with Crippen molar-refractivity contribution in [1.82, 2.24) is 0 Å². The number of ketones is 1. The molecule has 0 aliphatic carbocycles. The third kappa shape index (κ3) is 3.64. The zero-order chi connectivity index (χ0) is 9.61. The van der Waals surface area contributed by atoms with Crippen LogP contribution in [0.1, 0.15) is 32.6 Å². The molecule has 70 valence electrons. The number of rotatable bonds is 6. The first-order valence-corrected chi connectivity index (χ1v) is 4.29. The van der Waals surface area contributed by atoms with E-state index in [-0.39, 0.29) is 5.78 Å². The van der Waals surface area contributed by atoms with Crippen LogP contribution in [-0.2, 0) is 4.79 Å². The highest BCUT2D eigenvalue weighted by Gasteiger charge is 2.25. The molecule has 0 aromatic rings. The third-order valence-electron chi connectivity index (χ3n) is 1.84. The van der Waals surface area contributed by atoms with Crippen LogP contribution in [0.5, 0.6) is 0 Å². The van der Waals surface area contributed by atoms with Gasteiger partial charge in [-0.2, -0.15) is 0 Å². The standard InChI is InChI=1S/C9H18N2O/c1-3-5-6-7-9(10,11)8(12)4-2/h4H,2-3,5-7,10-11H2,1H3. The highest BCUT2D eigenvalue weighted by Crippen LogP contribution is 2.08. The van der Waals surface area contributed by atoms with Crippen LogP contribution in [0.25, 0.3) is 0 Å². The molecule has 0 rings (SSSR count). The first-order valence-electron chi connectivity index (χ1n) is 4.29. The molecule has 0 aromatic carbocycles. The smallest absolute Gasteiger partial charge is 0.189 e. The minimum absolute atomic E-state index is 0.279. The maximum atomic E-state index is 11.1. The fraction of sp³-hybridized carbons (Fsp3) is 0.667. The minimum atomic E-state index is -1.20. The molecule has 4 N–H and O–H groups in total. The molecule has 3 heteroatoms. The Morgan fingerprint density at radius 1 is 1.50 bits per heavy atom. The Morgan fingerprint density at radius 2 is 2.08 bits per heavy atom. The number of hydrogen-bond acceptors (Lipinski definition) is 3. The molecule has 0 radical (unpaired) electrons. The lowest BCUT2D eigenvalue weighted by atomic mass is 9.99. The summed E-state index contributed by atoms with van der Waals surface area (Å²) >= 11 is 0. The topological polar surface area (TPSA) is 69.1 Å². The zero-order valence-electron chi connectivity index (χ0n) is 7.68. The van der Waals surface area contributed by atoms with Crippen LogP contribution in [-0.4, -0.2) is 11.4 Å². The van der Waals surface area contributed by atoms with Gasteiger partial charge < -0.3 is 11.5 Å². The van der Waals surface area contributed by atoms with Crippen molar-refractivity contribution < 1.29 is 4.79 Å². The number of carbonyl (C=O) groups excluding carboxylic acids is 1. The van der Waals surface area contributed by atoms with Crippen molar-refractivity contribution in [3.8, 4) is 0 Å². The van der Waals surface area contributed by atoms with Gasteiger partial charge in [0.1, 0.15) is 5.66 Å². The van der Waals surface area contributed by atoms with E-state index in [9.17, 15) is 4.79 Å². The molecule has 0 heterocycles. The van der Waals surface area contributed by atoms with Crippen molar-refractivity contribution in [2.24, 2.45) is 11.5 Å². The van der Waals surface area contributed by atoms with Gasteiger partial charge in [0.05, 0.1) is 0 Å². The first-order chi connectivity index (χ1) is 5.54. The minimum Gasteiger partial charge on any atom is -0.307 e. The Balaban J connectivity index is 3.86. The largest absolute Gasteiger partial charge is 0.307 e. The van der Waals surface area contributed by atoms with Crippen LogP contribution in [0.2, 0.25) is 0 Å². The van der Waals surface area contributed by atoms with Crippen LogP contribution in [0.3, 0.4) is 0 Å². The fourth-order valence-electron chi connectivity index (χ4n) is 0.981. The lowest BCUT2D eigenvalue weighted by Crippen LogP contribution is -2.55. The van der Waals surface area contributed by atoms with E-state index in [0.717, 1.165) is 19.3 Å². The van der Waals surface area contributed by atoms with Gasteiger partial charge in [-0.15, -0.1) is 0 Å². The van der Waals surface area contributed by atoms with E-state index in [4.69, 9.17) is 11.5 Å². The van der Waals surface area contributed by atoms with Gasteiger partial charge >= 0.3 is 0 Å². The van der Waals surface area contributed by atoms with Crippen LogP contribution in [0, 0.1) is 0 Å². The van der Waals surface area contributed by atoms with Crippen molar-refractivity contribution >= 4 is 5.78 Å². The molecule has 0 aromatic heterocycles. The second-order valence-corrected chi connectivity index (χ2v) is 3.07. The molecule has 0 bridgehead atoms. The molecule has 0 saturated carbocycles. The van der Waals surface area contributed by atoms with Gasteiger partial charge in [0.15, 0.2) is 5.78 Å². The summed E-state index contributed by atoms with van der Waals surface area (Å²) in [6.07, 6.45) is 4.76. The lowest BCUT2D eigenvalue weighted by molar-refractivity contribution is -0.119. The Bertz CT molecular complexity index is 164. The predicted octanol–water partition coefficient (Wildman–Crippen LogP) is 0.935. The van der Waals surface area contributed by atoms with Crippen molar-refractivity contribution in [3.05, 3.63) is 12.7 Å². The average Bonchev–Trinajstić information content (AvgIpc) is 2.03. The van der Waals surface area contributed by atoms with Gasteiger partial charge in [0.25, 0.3) is 0 Å². The van der Waals surface area contributed by atoms with Crippen LogP contribution in [0.15, 0.2) is 12.7 Å². The van der Waals surface area contributed by atoms with Crippen molar-refractivity contribution in [2.45, 2.75) is 38.3 Å². The molecule has 0 atom stereocenters. The molecular weight excluding hydrogens is 152 g/mol. The highest BCUT2D eigenvalue weighted by molar-refractivity contribution is 5.96. The maximum Gasteiger partial charge on any atom is 0.189 e. The first kappa shape index (κ1) is 11.3. The second-order valence-electron chi connectivity index (χ2n) is 3.07. The van der Waals surface area contributed by atoms with Gasteiger partial charge in [-0.25, -0.2) is 0 Å². The molecule has 12 heavy (non-hydrogen) atoms. The van der Waals surface area contributed by atoms with Gasteiger partial charge in [0.2, 0.25) is 0 Å². The number of carbonyl (C=O) groups is 1. The van der Waals surface area contributed by atoms with E-state index in [0.29, 0.717) is 6.42 Å². The molecule has 3 nitrogen and oxygen atoms in total. The monoisotopic (exact) mass is 170 g/mol. The van der Waals surface area contributed by atoms with Crippen molar-refractivity contribution in [1.29, 1.82) is 0 Å². The van der Waals surface area contributed by atoms with Crippen molar-refractivity contribution in [3.63, 3.8) is 0 Å². The van der Waals surface area contributed by atoms with Crippen LogP contribution < -0.4 is 11.5 Å². The van der Waals surface area contributed by atoms with E-state index in [2.05, 4.69) is 13.5 Å². The van der Waals surface area contributed by atoms with E-state index in [1.807, 2.05) is 0 Å². The summed E-state index contributed by atoms with van der Waals surface area (Å²) in [7, 11) is 0. The number of unbranched alkanes of at least 4 members (excludes halogenated alkanes) is 2. The summed E-state index contributed by atoms with van der Waals surface area (Å²) < 4.78 is 0. The zero-order valence-corrected chi connectivity index (χ0v) is 7.68. The number of hydrogen-bond donors (Lipinski definition) is 2. The normalized spacial score (nSPS) is 11.2. The fourth-order valence-corrected chi connectivity index (χ4v) is 0.981. The third-order valence-corrected chi connectivity index (χ3v) is 1.84. The summed E-state index contributed by atoms with van der Waals surface area (Å²) in [6, 6.07) is 0. The summed E-state index contributed by atoms with van der Waals surface area (Å²) in [5, 5.41) is 0. The maximum absolute atomic E-state index is 11.1. The highest BCUT2D eigenvalue weighted by atomic mass is 16.1. The van der Waals surface area contributed by atoms with Gasteiger partial charge in [-0.05, 0) is 18.9 Å². The van der Waals surface area contributed by atoms with E-state index < -0.39 is 5.66 Å². The van der Waals surface area contributed by atoms with Gasteiger partial charge in [0, 0.05) is 0 Å². The van der Waals surface area contributed by atoms with E-state index >= 15 is 0 Å². The van der Waals surface area contributed by atoms with Crippen LogP contribution >= 0.6 is 0 Å². The van der Waals surface area contributed by atoms with E-state index in [1.54, 1.807) is 0 Å². The summed E-state index contributed by atoms with van der Waals surface area (Å²) in [5.74, 6) is -0.279. The molecule has 0 fully saturated rings. The van der Waals surface area contributed by atoms with E-state index in [1.165, 1.54) is 6.08 Å². The molecule has 0 amide bonds. The summed E-state index contributed by atoms with van der Waals surface area (Å²) in [6.45, 7) is 5.43. The average molecular weight is 170 g/mol. The number of nitrogens with two attached hydrogens (primary N) is 2. The summed E-state index contributed by atoms with van der Waals surface area (Å²) in [4.78, 5) is 11.1. The predicted molar refractivity (Wildman–Crippen MR) is 50.5 cm³/mol. The van der Waals surface area contributed by atoms with Crippen molar-refractivity contribution in [2.75, 3.05) is 0 Å². The van der Waals surface area contributed by atoms with Gasteiger partial charge in [-0.1, -0.05) is 26.3 Å².